The maximum atomic E-state index is 13.4. The summed E-state index contributed by atoms with van der Waals surface area (Å²) in [4.78, 5) is 0. The number of anilines is 2. The molecule has 0 amide bonds. The van der Waals surface area contributed by atoms with Crippen molar-refractivity contribution in [3.05, 3.63) is 22.4 Å². The lowest BCUT2D eigenvalue weighted by Crippen LogP contribution is -2.12. The Kier molecular flexibility index (Phi) is 3.92. The number of nitrogens with two attached hydrogens (primary N) is 1. The molecular formula is C13H18BrFN2. The summed E-state index contributed by atoms with van der Waals surface area (Å²) in [6.45, 7) is 3.17. The molecule has 1 aliphatic rings. The maximum Gasteiger partial charge on any atom is 0.139 e. The number of rotatable bonds is 3. The van der Waals surface area contributed by atoms with Crippen LogP contribution in [0.4, 0.5) is 15.8 Å². The summed E-state index contributed by atoms with van der Waals surface area (Å²) < 4.78 is 13.8. The van der Waals surface area contributed by atoms with Gasteiger partial charge in [-0.05, 0) is 46.7 Å². The van der Waals surface area contributed by atoms with Crippen LogP contribution in [0, 0.1) is 17.7 Å². The molecule has 2 nitrogen and oxygen atoms in total. The zero-order valence-electron chi connectivity index (χ0n) is 9.97. The molecule has 1 aliphatic carbocycles. The minimum absolute atomic E-state index is 0.276. The highest BCUT2D eigenvalue weighted by Gasteiger charge is 2.21. The normalized spacial score (nSPS) is 23.9. The van der Waals surface area contributed by atoms with E-state index in [1.807, 2.05) is 0 Å². The predicted molar refractivity (Wildman–Crippen MR) is 73.5 cm³/mol. The molecule has 0 aliphatic heterocycles. The monoisotopic (exact) mass is 300 g/mol. The number of hydrogen-bond donors (Lipinski definition) is 2. The van der Waals surface area contributed by atoms with Crippen LogP contribution in [-0.4, -0.2) is 6.54 Å². The summed E-state index contributed by atoms with van der Waals surface area (Å²) in [5, 5.41) is 3.26. The van der Waals surface area contributed by atoms with E-state index in [1.165, 1.54) is 25.3 Å². The lowest BCUT2D eigenvalue weighted by molar-refractivity contribution is 0.537. The SMILES string of the molecule is CC1CCC(CNc2cc(F)c(Br)cc2N)C1. The van der Waals surface area contributed by atoms with Gasteiger partial charge in [0.25, 0.3) is 0 Å². The molecular weight excluding hydrogens is 283 g/mol. The summed E-state index contributed by atoms with van der Waals surface area (Å²) in [7, 11) is 0. The second-order valence-electron chi connectivity index (χ2n) is 5.02. The van der Waals surface area contributed by atoms with Gasteiger partial charge in [-0.25, -0.2) is 4.39 Å². The van der Waals surface area contributed by atoms with Gasteiger partial charge >= 0.3 is 0 Å². The van der Waals surface area contributed by atoms with E-state index in [-0.39, 0.29) is 5.82 Å². The topological polar surface area (TPSA) is 38.0 Å². The minimum Gasteiger partial charge on any atom is -0.397 e. The highest BCUT2D eigenvalue weighted by Crippen LogP contribution is 2.32. The van der Waals surface area contributed by atoms with Gasteiger partial charge in [0, 0.05) is 12.6 Å². The quantitative estimate of drug-likeness (QED) is 0.828. The van der Waals surface area contributed by atoms with Crippen LogP contribution in [0.5, 0.6) is 0 Å². The van der Waals surface area contributed by atoms with E-state index in [1.54, 1.807) is 6.07 Å². The summed E-state index contributed by atoms with van der Waals surface area (Å²) >= 11 is 3.12. The van der Waals surface area contributed by atoms with E-state index < -0.39 is 0 Å². The molecule has 2 rings (SSSR count). The molecule has 17 heavy (non-hydrogen) atoms. The van der Waals surface area contributed by atoms with Crippen LogP contribution in [0.25, 0.3) is 0 Å². The van der Waals surface area contributed by atoms with Crippen molar-refractivity contribution in [2.75, 3.05) is 17.6 Å². The van der Waals surface area contributed by atoms with E-state index in [9.17, 15) is 4.39 Å². The number of nitrogens with one attached hydrogen (secondary N) is 1. The van der Waals surface area contributed by atoms with E-state index in [0.29, 0.717) is 21.8 Å². The van der Waals surface area contributed by atoms with Crippen molar-refractivity contribution in [2.24, 2.45) is 11.8 Å². The van der Waals surface area contributed by atoms with Crippen molar-refractivity contribution in [1.82, 2.24) is 0 Å². The molecule has 1 fully saturated rings. The lowest BCUT2D eigenvalue weighted by Gasteiger charge is -2.14. The molecule has 0 saturated heterocycles. The summed E-state index contributed by atoms with van der Waals surface area (Å²) in [5.74, 6) is 1.23. The van der Waals surface area contributed by atoms with E-state index in [4.69, 9.17) is 5.73 Å². The fourth-order valence-corrected chi connectivity index (χ4v) is 2.84. The summed E-state index contributed by atoms with van der Waals surface area (Å²) in [6.07, 6.45) is 3.82. The molecule has 1 aromatic carbocycles. The molecule has 1 aromatic rings. The van der Waals surface area contributed by atoms with Crippen molar-refractivity contribution in [3.63, 3.8) is 0 Å². The first-order valence-electron chi connectivity index (χ1n) is 6.04. The van der Waals surface area contributed by atoms with Gasteiger partial charge < -0.3 is 11.1 Å². The first kappa shape index (κ1) is 12.7. The Morgan fingerprint density at radius 1 is 1.47 bits per heavy atom. The van der Waals surface area contributed by atoms with E-state index in [2.05, 4.69) is 28.2 Å². The zero-order valence-corrected chi connectivity index (χ0v) is 11.6. The van der Waals surface area contributed by atoms with Gasteiger partial charge in [-0.15, -0.1) is 0 Å². The van der Waals surface area contributed by atoms with Crippen molar-refractivity contribution < 1.29 is 4.39 Å². The first-order valence-corrected chi connectivity index (χ1v) is 6.84. The molecule has 0 bridgehead atoms. The Labute approximate surface area is 110 Å². The Hall–Kier alpha value is -0.770. The predicted octanol–water partition coefficient (Wildman–Crippen LogP) is 4.02. The Morgan fingerprint density at radius 3 is 2.88 bits per heavy atom. The molecule has 1 saturated carbocycles. The van der Waals surface area contributed by atoms with Crippen molar-refractivity contribution in [2.45, 2.75) is 26.2 Å². The molecule has 0 heterocycles. The average molecular weight is 301 g/mol. The standard InChI is InChI=1S/C13H18BrFN2/c1-8-2-3-9(4-8)7-17-13-6-11(15)10(14)5-12(13)16/h5-6,8-9,17H,2-4,7,16H2,1H3. The Bertz CT molecular complexity index is 409. The first-order chi connectivity index (χ1) is 8.06. The highest BCUT2D eigenvalue weighted by molar-refractivity contribution is 9.10. The van der Waals surface area contributed by atoms with Crippen LogP contribution in [0.15, 0.2) is 16.6 Å². The van der Waals surface area contributed by atoms with Gasteiger partial charge in [-0.1, -0.05) is 13.3 Å². The molecule has 4 heteroatoms. The molecule has 0 aromatic heterocycles. The third-order valence-corrected chi connectivity index (χ3v) is 4.08. The van der Waals surface area contributed by atoms with Gasteiger partial charge in [-0.3, -0.25) is 0 Å². The molecule has 2 unspecified atom stereocenters. The van der Waals surface area contributed by atoms with Gasteiger partial charge in [0.2, 0.25) is 0 Å². The van der Waals surface area contributed by atoms with Gasteiger partial charge in [-0.2, -0.15) is 0 Å². The molecule has 2 atom stereocenters. The summed E-state index contributed by atoms with van der Waals surface area (Å²) in [6, 6.07) is 3.06. The third-order valence-electron chi connectivity index (χ3n) is 3.48. The van der Waals surface area contributed by atoms with Gasteiger partial charge in [0.1, 0.15) is 5.82 Å². The fraction of sp³-hybridized carbons (Fsp3) is 0.538. The third kappa shape index (κ3) is 3.12. The smallest absolute Gasteiger partial charge is 0.139 e. The van der Waals surface area contributed by atoms with Crippen LogP contribution in [0.2, 0.25) is 0 Å². The number of halogens is 2. The van der Waals surface area contributed by atoms with Crippen molar-refractivity contribution in [3.8, 4) is 0 Å². The highest BCUT2D eigenvalue weighted by atomic mass is 79.9. The number of benzene rings is 1. The van der Waals surface area contributed by atoms with E-state index >= 15 is 0 Å². The molecule has 0 radical (unpaired) electrons. The van der Waals surface area contributed by atoms with Crippen molar-refractivity contribution in [1.29, 1.82) is 0 Å². The zero-order chi connectivity index (χ0) is 12.4. The fourth-order valence-electron chi connectivity index (χ4n) is 2.48. The van der Waals surface area contributed by atoms with Crippen LogP contribution in [0.3, 0.4) is 0 Å². The van der Waals surface area contributed by atoms with Crippen LogP contribution < -0.4 is 11.1 Å². The Balaban J connectivity index is 1.97. The molecule has 0 spiro atoms. The average Bonchev–Trinajstić information content (AvgIpc) is 2.68. The minimum atomic E-state index is -0.276. The van der Waals surface area contributed by atoms with Gasteiger partial charge in [0.15, 0.2) is 0 Å². The lowest BCUT2D eigenvalue weighted by atomic mass is 10.1. The molecule has 3 N–H and O–H groups in total. The molecule has 94 valence electrons. The Morgan fingerprint density at radius 2 is 2.24 bits per heavy atom. The van der Waals surface area contributed by atoms with Gasteiger partial charge in [0.05, 0.1) is 15.8 Å². The van der Waals surface area contributed by atoms with Crippen molar-refractivity contribution >= 4 is 27.3 Å². The van der Waals surface area contributed by atoms with Crippen LogP contribution in [-0.2, 0) is 0 Å². The number of nitrogen functional groups attached to an aromatic ring is 1. The second-order valence-corrected chi connectivity index (χ2v) is 5.87. The maximum absolute atomic E-state index is 13.4. The number of hydrogen-bond acceptors (Lipinski definition) is 2. The second kappa shape index (κ2) is 5.25. The largest absolute Gasteiger partial charge is 0.397 e. The van der Waals surface area contributed by atoms with E-state index in [0.717, 1.165) is 12.5 Å². The van der Waals surface area contributed by atoms with Crippen LogP contribution in [0.1, 0.15) is 26.2 Å². The van der Waals surface area contributed by atoms with Crippen LogP contribution >= 0.6 is 15.9 Å². The summed E-state index contributed by atoms with van der Waals surface area (Å²) in [5.41, 5.74) is 7.13.